The van der Waals surface area contributed by atoms with Crippen molar-refractivity contribution in [2.75, 3.05) is 0 Å². The van der Waals surface area contributed by atoms with E-state index in [0.717, 1.165) is 29.5 Å². The van der Waals surface area contributed by atoms with Crippen molar-refractivity contribution in [3.63, 3.8) is 0 Å². The maximum atomic E-state index is 12.2. The molecule has 2 nitrogen and oxygen atoms in total. The average Bonchev–Trinajstić information content (AvgIpc) is 2.58. The maximum absolute atomic E-state index is 12.2. The summed E-state index contributed by atoms with van der Waals surface area (Å²) in [5.41, 5.74) is 3.97. The van der Waals surface area contributed by atoms with E-state index in [1.54, 1.807) is 6.07 Å². The normalized spacial score (nSPS) is 12.1. The van der Waals surface area contributed by atoms with Crippen LogP contribution >= 0.6 is 23.2 Å². The van der Waals surface area contributed by atoms with E-state index in [2.05, 4.69) is 25.7 Å². The van der Waals surface area contributed by atoms with Crippen molar-refractivity contribution in [1.29, 1.82) is 0 Å². The minimum atomic E-state index is -0.0348. The summed E-state index contributed by atoms with van der Waals surface area (Å²) in [4.78, 5) is 12.2. The topological polar surface area (TPSA) is 29.1 Å². The van der Waals surface area contributed by atoms with Crippen molar-refractivity contribution in [2.45, 2.75) is 39.7 Å². The van der Waals surface area contributed by atoms with E-state index in [1.807, 2.05) is 43.3 Å². The van der Waals surface area contributed by atoms with E-state index in [0.29, 0.717) is 21.5 Å². The smallest absolute Gasteiger partial charge is 0.251 e. The Bertz CT molecular complexity index is 781. The van der Waals surface area contributed by atoms with Crippen molar-refractivity contribution < 1.29 is 4.79 Å². The molecule has 2 aromatic carbocycles. The second-order valence-corrected chi connectivity index (χ2v) is 7.87. The van der Waals surface area contributed by atoms with Gasteiger partial charge in [-0.3, -0.25) is 4.79 Å². The molecular weight excluding hydrogens is 365 g/mol. The van der Waals surface area contributed by atoms with Gasteiger partial charge in [-0.15, -0.1) is 0 Å². The third kappa shape index (κ3) is 5.89. The van der Waals surface area contributed by atoms with E-state index in [4.69, 9.17) is 23.2 Å². The second-order valence-electron chi connectivity index (χ2n) is 7.06. The molecular formula is C22H25Cl2NO. The molecule has 0 spiro atoms. The molecule has 0 radical (unpaired) electrons. The monoisotopic (exact) mass is 389 g/mol. The number of carbonyl (C=O) groups is 1. The second kappa shape index (κ2) is 9.25. The zero-order valence-corrected chi connectivity index (χ0v) is 17.0. The number of rotatable bonds is 7. The van der Waals surface area contributed by atoms with Crippen LogP contribution in [0.15, 0.2) is 54.6 Å². The van der Waals surface area contributed by atoms with Crippen LogP contribution < -0.4 is 5.32 Å². The maximum Gasteiger partial charge on any atom is 0.251 e. The summed E-state index contributed by atoms with van der Waals surface area (Å²) in [6.07, 6.45) is 1.50. The minimum absolute atomic E-state index is 0.0348. The molecule has 0 fully saturated rings. The fraction of sp³-hybridized carbons (Fsp3) is 0.318. The summed E-state index contributed by atoms with van der Waals surface area (Å²) in [6, 6.07) is 13.5. The van der Waals surface area contributed by atoms with Gasteiger partial charge in [0, 0.05) is 11.6 Å². The molecule has 2 aromatic rings. The molecule has 1 atom stereocenters. The van der Waals surface area contributed by atoms with Crippen LogP contribution in [0.2, 0.25) is 10.0 Å². The average molecular weight is 390 g/mol. The van der Waals surface area contributed by atoms with Crippen LogP contribution in [0.3, 0.4) is 0 Å². The standard InChI is InChI=1S/C22H25Cl2NO/c1-14(2)16(4)25-22(26)19-8-5-17(6-9-19)11-15(3)12-18-7-10-20(23)21(24)13-18/h5-10,13-14,16H,3,11-12H2,1-2,4H3,(H,25,26). The third-order valence-electron chi connectivity index (χ3n) is 4.47. The highest BCUT2D eigenvalue weighted by atomic mass is 35.5. The highest BCUT2D eigenvalue weighted by Gasteiger charge is 2.12. The lowest BCUT2D eigenvalue weighted by Gasteiger charge is -2.17. The van der Waals surface area contributed by atoms with Crippen LogP contribution in [-0.4, -0.2) is 11.9 Å². The molecule has 4 heteroatoms. The Balaban J connectivity index is 1.94. The molecule has 0 aliphatic carbocycles. The summed E-state index contributed by atoms with van der Waals surface area (Å²) >= 11 is 12.0. The Labute approximate surface area is 166 Å². The Hall–Kier alpha value is -1.77. The van der Waals surface area contributed by atoms with Gasteiger partial charge in [0.05, 0.1) is 10.0 Å². The quantitative estimate of drug-likeness (QED) is 0.568. The lowest BCUT2D eigenvalue weighted by atomic mass is 9.99. The highest BCUT2D eigenvalue weighted by Crippen LogP contribution is 2.24. The number of amides is 1. The number of nitrogens with one attached hydrogen (secondary N) is 1. The van der Waals surface area contributed by atoms with Crippen LogP contribution in [0.4, 0.5) is 0 Å². The molecule has 0 bridgehead atoms. The van der Waals surface area contributed by atoms with Gasteiger partial charge in [0.2, 0.25) is 0 Å². The molecule has 26 heavy (non-hydrogen) atoms. The van der Waals surface area contributed by atoms with Crippen LogP contribution in [0.1, 0.15) is 42.3 Å². The zero-order chi connectivity index (χ0) is 19.3. The zero-order valence-electron chi connectivity index (χ0n) is 15.5. The third-order valence-corrected chi connectivity index (χ3v) is 5.21. The summed E-state index contributed by atoms with van der Waals surface area (Å²) in [7, 11) is 0. The molecule has 2 rings (SSSR count). The number of benzene rings is 2. The van der Waals surface area contributed by atoms with Gasteiger partial charge in [-0.05, 0) is 61.1 Å². The van der Waals surface area contributed by atoms with Gasteiger partial charge in [0.1, 0.15) is 0 Å². The number of carbonyl (C=O) groups excluding carboxylic acids is 1. The lowest BCUT2D eigenvalue weighted by Crippen LogP contribution is -2.36. The van der Waals surface area contributed by atoms with Crippen molar-refractivity contribution >= 4 is 29.1 Å². The number of hydrogen-bond acceptors (Lipinski definition) is 1. The number of halogens is 2. The predicted molar refractivity (Wildman–Crippen MR) is 111 cm³/mol. The molecule has 1 N–H and O–H groups in total. The largest absolute Gasteiger partial charge is 0.349 e. The van der Waals surface area contributed by atoms with Crippen LogP contribution in [0, 0.1) is 5.92 Å². The van der Waals surface area contributed by atoms with Gasteiger partial charge >= 0.3 is 0 Å². The molecule has 0 saturated heterocycles. The van der Waals surface area contributed by atoms with Crippen LogP contribution in [0.5, 0.6) is 0 Å². The van der Waals surface area contributed by atoms with E-state index < -0.39 is 0 Å². The lowest BCUT2D eigenvalue weighted by molar-refractivity contribution is 0.0930. The van der Waals surface area contributed by atoms with Gasteiger partial charge in [-0.25, -0.2) is 0 Å². The molecule has 0 heterocycles. The van der Waals surface area contributed by atoms with Gasteiger partial charge in [-0.1, -0.05) is 67.4 Å². The molecule has 0 saturated carbocycles. The van der Waals surface area contributed by atoms with Crippen molar-refractivity contribution in [1.82, 2.24) is 5.32 Å². The highest BCUT2D eigenvalue weighted by molar-refractivity contribution is 6.42. The van der Waals surface area contributed by atoms with Gasteiger partial charge in [0.15, 0.2) is 0 Å². The molecule has 1 unspecified atom stereocenters. The van der Waals surface area contributed by atoms with Gasteiger partial charge < -0.3 is 5.32 Å². The predicted octanol–water partition coefficient (Wildman–Crippen LogP) is 6.11. The SMILES string of the molecule is C=C(Cc1ccc(C(=O)NC(C)C(C)C)cc1)Cc1ccc(Cl)c(Cl)c1. The fourth-order valence-corrected chi connectivity index (χ4v) is 2.84. The first kappa shape index (κ1) is 20.5. The Morgan fingerprint density at radius 2 is 1.54 bits per heavy atom. The van der Waals surface area contributed by atoms with E-state index >= 15 is 0 Å². The molecule has 1 amide bonds. The van der Waals surface area contributed by atoms with Crippen LogP contribution in [-0.2, 0) is 12.8 Å². The number of allylic oxidation sites excluding steroid dienone is 1. The van der Waals surface area contributed by atoms with Gasteiger partial charge in [-0.2, -0.15) is 0 Å². The Morgan fingerprint density at radius 3 is 2.12 bits per heavy atom. The molecule has 138 valence electrons. The Morgan fingerprint density at radius 1 is 0.962 bits per heavy atom. The van der Waals surface area contributed by atoms with Crippen molar-refractivity contribution in [3.8, 4) is 0 Å². The van der Waals surface area contributed by atoms with Crippen LogP contribution in [0.25, 0.3) is 0 Å². The summed E-state index contributed by atoms with van der Waals surface area (Å²) in [5.74, 6) is 0.371. The first-order chi connectivity index (χ1) is 12.3. The van der Waals surface area contributed by atoms with E-state index in [-0.39, 0.29) is 11.9 Å². The first-order valence-electron chi connectivity index (χ1n) is 8.76. The first-order valence-corrected chi connectivity index (χ1v) is 9.52. The van der Waals surface area contributed by atoms with E-state index in [9.17, 15) is 4.79 Å². The summed E-state index contributed by atoms with van der Waals surface area (Å²) in [5, 5.41) is 4.13. The summed E-state index contributed by atoms with van der Waals surface area (Å²) in [6.45, 7) is 10.4. The Kier molecular flexibility index (Phi) is 7.31. The van der Waals surface area contributed by atoms with Crippen molar-refractivity contribution in [3.05, 3.63) is 81.4 Å². The van der Waals surface area contributed by atoms with Gasteiger partial charge in [0.25, 0.3) is 5.91 Å². The number of hydrogen-bond donors (Lipinski definition) is 1. The van der Waals surface area contributed by atoms with E-state index in [1.165, 1.54) is 0 Å². The van der Waals surface area contributed by atoms with Crippen molar-refractivity contribution in [2.24, 2.45) is 5.92 Å². The fourth-order valence-electron chi connectivity index (χ4n) is 2.52. The minimum Gasteiger partial charge on any atom is -0.349 e. The molecule has 0 aliphatic heterocycles. The summed E-state index contributed by atoms with van der Waals surface area (Å²) < 4.78 is 0. The molecule has 0 aliphatic rings. The molecule has 0 aromatic heterocycles.